The summed E-state index contributed by atoms with van der Waals surface area (Å²) >= 11 is 0. The van der Waals surface area contributed by atoms with Crippen molar-refractivity contribution in [3.05, 3.63) is 35.9 Å². The van der Waals surface area contributed by atoms with Crippen LogP contribution in [0, 0.1) is 11.8 Å². The van der Waals surface area contributed by atoms with Gasteiger partial charge in [0, 0.05) is 44.2 Å². The van der Waals surface area contributed by atoms with Gasteiger partial charge in [-0.1, -0.05) is 30.3 Å². The van der Waals surface area contributed by atoms with Gasteiger partial charge in [0.2, 0.25) is 0 Å². The van der Waals surface area contributed by atoms with Gasteiger partial charge in [-0.3, -0.25) is 9.89 Å². The van der Waals surface area contributed by atoms with E-state index in [9.17, 15) is 0 Å². The molecule has 90 valence electrons. The van der Waals surface area contributed by atoms with E-state index in [-0.39, 0.29) is 0 Å². The van der Waals surface area contributed by atoms with Crippen molar-refractivity contribution in [2.45, 2.75) is 19.4 Å². The van der Waals surface area contributed by atoms with Gasteiger partial charge < -0.3 is 0 Å². The van der Waals surface area contributed by atoms with Gasteiger partial charge in [0.1, 0.15) is 0 Å². The van der Waals surface area contributed by atoms with Crippen LogP contribution >= 0.6 is 0 Å². The minimum Gasteiger partial charge on any atom is -0.298 e. The molecule has 2 heteroatoms. The van der Waals surface area contributed by atoms with Crippen molar-refractivity contribution in [3.63, 3.8) is 0 Å². The fraction of sp³-hybridized carbons (Fsp3) is 0.533. The zero-order valence-corrected chi connectivity index (χ0v) is 10.5. The lowest BCUT2D eigenvalue weighted by molar-refractivity contribution is 0.228. The standard InChI is InChI=1S/C15H20N2/c1-16-15-13-7-8-14(15)11-17(10-13)9-12-5-3-2-4-6-12/h2-6,13-14H,7-11H2,1H3. The van der Waals surface area contributed by atoms with Gasteiger partial charge in [0.05, 0.1) is 0 Å². The summed E-state index contributed by atoms with van der Waals surface area (Å²) in [4.78, 5) is 7.11. The van der Waals surface area contributed by atoms with Crippen LogP contribution in [0.2, 0.25) is 0 Å². The molecule has 0 spiro atoms. The monoisotopic (exact) mass is 228 g/mol. The van der Waals surface area contributed by atoms with Crippen LogP contribution in [0.25, 0.3) is 0 Å². The lowest BCUT2D eigenvalue weighted by Gasteiger charge is -2.33. The first kappa shape index (κ1) is 11.0. The molecule has 0 radical (unpaired) electrons. The number of rotatable bonds is 2. The highest BCUT2D eigenvalue weighted by molar-refractivity contribution is 5.91. The average molecular weight is 228 g/mol. The Bertz CT molecular complexity index is 394. The number of nitrogens with zero attached hydrogens (tertiary/aromatic N) is 2. The van der Waals surface area contributed by atoms with E-state index >= 15 is 0 Å². The van der Waals surface area contributed by atoms with E-state index in [0.29, 0.717) is 0 Å². The van der Waals surface area contributed by atoms with Crippen LogP contribution in [-0.4, -0.2) is 30.7 Å². The maximum absolute atomic E-state index is 4.50. The molecule has 2 nitrogen and oxygen atoms in total. The molecule has 2 fully saturated rings. The molecule has 2 atom stereocenters. The maximum atomic E-state index is 4.50. The molecule has 1 aliphatic carbocycles. The lowest BCUT2D eigenvalue weighted by atomic mass is 9.95. The molecule has 0 aromatic heterocycles. The van der Waals surface area contributed by atoms with E-state index in [1.807, 2.05) is 7.05 Å². The van der Waals surface area contributed by atoms with E-state index in [1.54, 1.807) is 0 Å². The summed E-state index contributed by atoms with van der Waals surface area (Å²) < 4.78 is 0. The first-order valence-corrected chi connectivity index (χ1v) is 6.59. The summed E-state index contributed by atoms with van der Waals surface area (Å²) in [6.07, 6.45) is 2.70. The molecule has 1 aliphatic heterocycles. The topological polar surface area (TPSA) is 15.6 Å². The van der Waals surface area contributed by atoms with Crippen LogP contribution in [0.15, 0.2) is 35.3 Å². The summed E-state index contributed by atoms with van der Waals surface area (Å²) in [5, 5.41) is 0. The smallest absolute Gasteiger partial charge is 0.0276 e. The zero-order chi connectivity index (χ0) is 11.7. The van der Waals surface area contributed by atoms with E-state index < -0.39 is 0 Å². The van der Waals surface area contributed by atoms with Crippen LogP contribution in [0.4, 0.5) is 0 Å². The number of likely N-dealkylation sites (tertiary alicyclic amines) is 1. The van der Waals surface area contributed by atoms with E-state index in [0.717, 1.165) is 18.4 Å². The number of benzene rings is 1. The predicted octanol–water partition coefficient (Wildman–Crippen LogP) is 2.60. The molecule has 2 aliphatic rings. The molecule has 17 heavy (non-hydrogen) atoms. The van der Waals surface area contributed by atoms with Crippen molar-refractivity contribution in [1.29, 1.82) is 0 Å². The molecule has 3 rings (SSSR count). The minimum absolute atomic E-state index is 0.738. The van der Waals surface area contributed by atoms with Crippen LogP contribution < -0.4 is 0 Å². The number of aliphatic imine (C=N–C) groups is 1. The van der Waals surface area contributed by atoms with Gasteiger partial charge in [-0.15, -0.1) is 0 Å². The van der Waals surface area contributed by atoms with E-state index in [1.165, 1.54) is 37.2 Å². The van der Waals surface area contributed by atoms with E-state index in [4.69, 9.17) is 0 Å². The van der Waals surface area contributed by atoms with Gasteiger partial charge in [-0.2, -0.15) is 0 Å². The number of hydrogen-bond acceptors (Lipinski definition) is 2. The van der Waals surface area contributed by atoms with Crippen molar-refractivity contribution in [3.8, 4) is 0 Å². The van der Waals surface area contributed by atoms with Crippen LogP contribution in [0.1, 0.15) is 18.4 Å². The van der Waals surface area contributed by atoms with Gasteiger partial charge >= 0.3 is 0 Å². The van der Waals surface area contributed by atoms with Crippen molar-refractivity contribution in [2.24, 2.45) is 16.8 Å². The Labute approximate surface area is 103 Å². The van der Waals surface area contributed by atoms with Crippen LogP contribution in [-0.2, 0) is 6.54 Å². The lowest BCUT2D eigenvalue weighted by Crippen LogP contribution is -2.41. The zero-order valence-electron chi connectivity index (χ0n) is 10.5. The van der Waals surface area contributed by atoms with Gasteiger partial charge in [0.15, 0.2) is 0 Å². The summed E-state index contributed by atoms with van der Waals surface area (Å²) in [5.74, 6) is 1.48. The first-order chi connectivity index (χ1) is 8.36. The molecule has 0 amide bonds. The highest BCUT2D eigenvalue weighted by Crippen LogP contribution is 2.34. The Balaban J connectivity index is 1.69. The third-order valence-corrected chi connectivity index (χ3v) is 4.16. The summed E-state index contributed by atoms with van der Waals surface area (Å²) in [7, 11) is 1.97. The van der Waals surface area contributed by atoms with Crippen molar-refractivity contribution in [2.75, 3.05) is 20.1 Å². The summed E-state index contributed by atoms with van der Waals surface area (Å²) in [6, 6.07) is 10.8. The Morgan fingerprint density at radius 3 is 2.35 bits per heavy atom. The average Bonchev–Trinajstić information content (AvgIpc) is 2.61. The van der Waals surface area contributed by atoms with Crippen LogP contribution in [0.5, 0.6) is 0 Å². The number of fused-ring (bicyclic) bond motifs is 2. The van der Waals surface area contributed by atoms with Gasteiger partial charge in [0.25, 0.3) is 0 Å². The van der Waals surface area contributed by atoms with Crippen molar-refractivity contribution >= 4 is 5.71 Å². The minimum atomic E-state index is 0.738. The largest absolute Gasteiger partial charge is 0.298 e. The first-order valence-electron chi connectivity index (χ1n) is 6.59. The molecule has 2 bridgehead atoms. The van der Waals surface area contributed by atoms with E-state index in [2.05, 4.69) is 40.2 Å². The molecule has 1 saturated heterocycles. The Hall–Kier alpha value is -1.15. The summed E-state index contributed by atoms with van der Waals surface area (Å²) in [6.45, 7) is 3.51. The number of hydrogen-bond donors (Lipinski definition) is 0. The second-order valence-electron chi connectivity index (χ2n) is 5.30. The second kappa shape index (κ2) is 4.61. The fourth-order valence-corrected chi connectivity index (χ4v) is 3.43. The fourth-order valence-electron chi connectivity index (χ4n) is 3.43. The number of piperidine rings is 1. The Morgan fingerprint density at radius 1 is 1.12 bits per heavy atom. The second-order valence-corrected chi connectivity index (χ2v) is 5.30. The van der Waals surface area contributed by atoms with Crippen molar-refractivity contribution in [1.82, 2.24) is 4.90 Å². The molecule has 1 aromatic rings. The molecular formula is C15H20N2. The normalized spacial score (nSPS) is 28.4. The highest BCUT2D eigenvalue weighted by Gasteiger charge is 2.38. The third kappa shape index (κ3) is 2.14. The molecule has 0 N–H and O–H groups in total. The highest BCUT2D eigenvalue weighted by atomic mass is 15.1. The van der Waals surface area contributed by atoms with Gasteiger partial charge in [-0.05, 0) is 18.4 Å². The molecule has 1 aromatic carbocycles. The van der Waals surface area contributed by atoms with Crippen molar-refractivity contribution < 1.29 is 0 Å². The quantitative estimate of drug-likeness (QED) is 0.759. The maximum Gasteiger partial charge on any atom is 0.0276 e. The molecule has 1 heterocycles. The van der Waals surface area contributed by atoms with Crippen LogP contribution in [0.3, 0.4) is 0 Å². The van der Waals surface area contributed by atoms with Gasteiger partial charge in [-0.25, -0.2) is 0 Å². The molecule has 1 saturated carbocycles. The predicted molar refractivity (Wildman–Crippen MR) is 71.3 cm³/mol. The molecular weight excluding hydrogens is 208 g/mol. The summed E-state index contributed by atoms with van der Waals surface area (Å²) in [5.41, 5.74) is 2.93. The Morgan fingerprint density at radius 2 is 1.76 bits per heavy atom. The SMILES string of the molecule is CN=C1C2CCC1CN(Cc1ccccc1)C2. The Kier molecular flexibility index (Phi) is 2.98. The molecule has 2 unspecified atom stereocenters. The third-order valence-electron chi connectivity index (χ3n) is 4.16.